The fourth-order valence-corrected chi connectivity index (χ4v) is 8.85. The molecule has 4 rings (SSSR count). The molecule has 42 heavy (non-hydrogen) atoms. The standard InChI is InChI=1S/C34H53N3O5/c1-9-36(10-2)29(38)20-42-31(40)23-15-17-33(7)24(19-23)11-12-25-26-13-14-28(34(26,8)18-16-27(25)33)30(39)37(22(5)6)32(41)35-21(3)4/h11,19,21-22,25-28H,9-10,12-18,20H2,1-8H3,(H,35,41)/t25-,26-,27-,28+,33-,34-/m0/s1. The number of hydrogen-bond donors (Lipinski definition) is 1. The second-order valence-corrected chi connectivity index (χ2v) is 14.1. The number of nitrogens with zero attached hydrogens (tertiary/aromatic N) is 2. The summed E-state index contributed by atoms with van der Waals surface area (Å²) in [5.41, 5.74) is 1.74. The van der Waals surface area contributed by atoms with Gasteiger partial charge in [-0.2, -0.15) is 0 Å². The number of allylic oxidation sites excluding steroid dienone is 3. The second kappa shape index (κ2) is 12.5. The Morgan fingerprint density at radius 2 is 1.69 bits per heavy atom. The molecule has 4 aliphatic rings. The van der Waals surface area contributed by atoms with Crippen LogP contribution in [0, 0.1) is 34.5 Å². The van der Waals surface area contributed by atoms with E-state index in [0.717, 1.165) is 38.5 Å². The van der Waals surface area contributed by atoms with Gasteiger partial charge in [-0.15, -0.1) is 0 Å². The molecule has 0 radical (unpaired) electrons. The van der Waals surface area contributed by atoms with E-state index in [-0.39, 0.29) is 59.3 Å². The third kappa shape index (κ3) is 5.79. The van der Waals surface area contributed by atoms with Crippen LogP contribution < -0.4 is 5.32 Å². The lowest BCUT2D eigenvalue weighted by molar-refractivity contribution is -0.149. The Labute approximate surface area is 252 Å². The molecule has 0 heterocycles. The van der Waals surface area contributed by atoms with Crippen LogP contribution in [0.1, 0.15) is 100 Å². The van der Waals surface area contributed by atoms with Gasteiger partial charge in [0.2, 0.25) is 5.91 Å². The number of rotatable bonds is 8. The quantitative estimate of drug-likeness (QED) is 0.361. The Hall–Kier alpha value is -2.64. The third-order valence-corrected chi connectivity index (χ3v) is 11.2. The molecule has 0 aromatic rings. The van der Waals surface area contributed by atoms with Gasteiger partial charge in [-0.1, -0.05) is 19.9 Å². The highest BCUT2D eigenvalue weighted by molar-refractivity contribution is 5.96. The van der Waals surface area contributed by atoms with Gasteiger partial charge in [0.15, 0.2) is 6.61 Å². The van der Waals surface area contributed by atoms with Crippen molar-refractivity contribution < 1.29 is 23.9 Å². The Kier molecular flexibility index (Phi) is 9.63. The molecule has 0 bridgehead atoms. The summed E-state index contributed by atoms with van der Waals surface area (Å²) in [7, 11) is 0. The molecule has 1 N–H and O–H groups in total. The molecule has 0 spiro atoms. The van der Waals surface area contributed by atoms with E-state index in [2.05, 4.69) is 25.2 Å². The second-order valence-electron chi connectivity index (χ2n) is 14.1. The molecule has 0 saturated heterocycles. The van der Waals surface area contributed by atoms with Gasteiger partial charge in [0.1, 0.15) is 0 Å². The number of amides is 4. The zero-order chi connectivity index (χ0) is 31.0. The molecule has 234 valence electrons. The molecule has 0 aromatic heterocycles. The first-order valence-corrected chi connectivity index (χ1v) is 16.3. The molecule has 4 amide bonds. The van der Waals surface area contributed by atoms with Gasteiger partial charge in [-0.25, -0.2) is 9.59 Å². The van der Waals surface area contributed by atoms with Gasteiger partial charge in [-0.05, 0) is 127 Å². The maximum atomic E-state index is 14.0. The summed E-state index contributed by atoms with van der Waals surface area (Å²) in [6.07, 6.45) is 10.7. The van der Waals surface area contributed by atoms with Crippen LogP contribution in [0.5, 0.6) is 0 Å². The number of esters is 1. The van der Waals surface area contributed by atoms with Crippen LogP contribution in [-0.2, 0) is 19.1 Å². The van der Waals surface area contributed by atoms with E-state index in [0.29, 0.717) is 42.8 Å². The van der Waals surface area contributed by atoms with Crippen molar-refractivity contribution in [2.75, 3.05) is 19.7 Å². The van der Waals surface area contributed by atoms with Crippen molar-refractivity contribution >= 4 is 23.8 Å². The molecule has 2 saturated carbocycles. The SMILES string of the molecule is CCN(CC)C(=O)COC(=O)C1=CC2=CC[C@H]3[C@@H]4CC[C@H](C(=O)N(C(=O)NC(C)C)C(C)C)[C@@]4(C)CC[C@@H]3[C@@]2(C)CC1. The number of carbonyl (C=O) groups excluding carboxylic acids is 4. The van der Waals surface area contributed by atoms with Gasteiger partial charge in [0.25, 0.3) is 5.91 Å². The predicted molar refractivity (Wildman–Crippen MR) is 163 cm³/mol. The maximum absolute atomic E-state index is 14.0. The van der Waals surface area contributed by atoms with Crippen molar-refractivity contribution in [3.05, 3.63) is 23.3 Å². The minimum absolute atomic E-state index is 0.0196. The Bertz CT molecular complexity index is 1140. The molecule has 8 heteroatoms. The van der Waals surface area contributed by atoms with Crippen molar-refractivity contribution in [1.82, 2.24) is 15.1 Å². The lowest BCUT2D eigenvalue weighted by Gasteiger charge is -2.57. The highest BCUT2D eigenvalue weighted by Gasteiger charge is 2.60. The van der Waals surface area contributed by atoms with Crippen LogP contribution in [0.2, 0.25) is 0 Å². The zero-order valence-electron chi connectivity index (χ0n) is 27.1. The molecule has 0 unspecified atom stereocenters. The van der Waals surface area contributed by atoms with E-state index < -0.39 is 0 Å². The molecule has 4 aliphatic carbocycles. The number of imide groups is 1. The van der Waals surface area contributed by atoms with Crippen LogP contribution in [0.15, 0.2) is 23.3 Å². The number of carbonyl (C=O) groups is 4. The fourth-order valence-electron chi connectivity index (χ4n) is 8.85. The van der Waals surface area contributed by atoms with Crippen LogP contribution in [0.4, 0.5) is 4.79 Å². The number of ether oxygens (including phenoxy) is 1. The minimum Gasteiger partial charge on any atom is -0.452 e. The van der Waals surface area contributed by atoms with Crippen LogP contribution in [-0.4, -0.2) is 65.4 Å². The van der Waals surface area contributed by atoms with E-state index in [4.69, 9.17) is 4.74 Å². The summed E-state index contributed by atoms with van der Waals surface area (Å²) in [4.78, 5) is 55.4. The number of fused-ring (bicyclic) bond motifs is 5. The molecule has 0 aromatic carbocycles. The predicted octanol–water partition coefficient (Wildman–Crippen LogP) is 5.87. The van der Waals surface area contributed by atoms with E-state index >= 15 is 0 Å². The molecular weight excluding hydrogens is 530 g/mol. The summed E-state index contributed by atoms with van der Waals surface area (Å²) in [6, 6.07) is -0.511. The van der Waals surface area contributed by atoms with E-state index in [1.807, 2.05) is 47.6 Å². The lowest BCUT2D eigenvalue weighted by Crippen LogP contribution is -2.55. The smallest absolute Gasteiger partial charge is 0.334 e. The zero-order valence-corrected chi connectivity index (χ0v) is 27.1. The van der Waals surface area contributed by atoms with Gasteiger partial charge in [0.05, 0.1) is 0 Å². The molecule has 2 fully saturated rings. The van der Waals surface area contributed by atoms with Crippen LogP contribution in [0.25, 0.3) is 0 Å². The van der Waals surface area contributed by atoms with Crippen molar-refractivity contribution in [3.63, 3.8) is 0 Å². The first-order valence-electron chi connectivity index (χ1n) is 16.3. The summed E-state index contributed by atoms with van der Waals surface area (Å²) < 4.78 is 5.44. The molecule has 6 atom stereocenters. The Morgan fingerprint density at radius 3 is 2.31 bits per heavy atom. The van der Waals surface area contributed by atoms with Crippen molar-refractivity contribution in [1.29, 1.82) is 0 Å². The number of nitrogens with one attached hydrogen (secondary N) is 1. The number of hydrogen-bond acceptors (Lipinski definition) is 5. The molecule has 0 aliphatic heterocycles. The Balaban J connectivity index is 1.49. The minimum atomic E-state index is -0.384. The Morgan fingerprint density at radius 1 is 1.00 bits per heavy atom. The van der Waals surface area contributed by atoms with Crippen molar-refractivity contribution in [2.24, 2.45) is 34.5 Å². The monoisotopic (exact) mass is 583 g/mol. The first-order chi connectivity index (χ1) is 19.8. The first kappa shape index (κ1) is 32.3. The van der Waals surface area contributed by atoms with Crippen LogP contribution >= 0.6 is 0 Å². The topological polar surface area (TPSA) is 96.0 Å². The van der Waals surface area contributed by atoms with Crippen molar-refractivity contribution in [3.8, 4) is 0 Å². The summed E-state index contributed by atoms with van der Waals surface area (Å²) in [6.45, 7) is 17.1. The van der Waals surface area contributed by atoms with Crippen LogP contribution in [0.3, 0.4) is 0 Å². The van der Waals surface area contributed by atoms with E-state index in [1.165, 1.54) is 10.5 Å². The lowest BCUT2D eigenvalue weighted by atomic mass is 9.48. The normalized spacial score (nSPS) is 31.8. The largest absolute Gasteiger partial charge is 0.452 e. The van der Waals surface area contributed by atoms with Gasteiger partial charge in [0, 0.05) is 36.7 Å². The number of urea groups is 1. The van der Waals surface area contributed by atoms with Crippen molar-refractivity contribution in [2.45, 2.75) is 112 Å². The maximum Gasteiger partial charge on any atom is 0.334 e. The summed E-state index contributed by atoms with van der Waals surface area (Å²) in [5, 5.41) is 2.93. The van der Waals surface area contributed by atoms with Gasteiger partial charge >= 0.3 is 12.0 Å². The van der Waals surface area contributed by atoms with Gasteiger partial charge in [-0.3, -0.25) is 14.5 Å². The third-order valence-electron chi connectivity index (χ3n) is 11.2. The fraction of sp³-hybridized carbons (Fsp3) is 0.765. The van der Waals surface area contributed by atoms with Gasteiger partial charge < -0.3 is 15.0 Å². The summed E-state index contributed by atoms with van der Waals surface area (Å²) >= 11 is 0. The highest BCUT2D eigenvalue weighted by Crippen LogP contribution is 2.66. The highest BCUT2D eigenvalue weighted by atomic mass is 16.5. The average molecular weight is 584 g/mol. The summed E-state index contributed by atoms with van der Waals surface area (Å²) in [5.74, 6) is 0.703. The molecule has 8 nitrogen and oxygen atoms in total. The van der Waals surface area contributed by atoms with E-state index in [1.54, 1.807) is 4.90 Å². The van der Waals surface area contributed by atoms with E-state index in [9.17, 15) is 19.2 Å². The molecular formula is C34H53N3O5. The number of likely N-dealkylation sites (N-methyl/N-ethyl adjacent to an activating group) is 1. The average Bonchev–Trinajstić information content (AvgIpc) is 3.28.